The van der Waals surface area contributed by atoms with Gasteiger partial charge in [0.2, 0.25) is 0 Å². The number of ether oxygens (including phenoxy) is 1. The first-order chi connectivity index (χ1) is 11.2. The van der Waals surface area contributed by atoms with Gasteiger partial charge in [0.05, 0.1) is 7.11 Å². The maximum Gasteiger partial charge on any atom is 0.358 e. The number of nitrogens with zero attached hydrogens (tertiary/aromatic N) is 3. The normalized spacial score (nSPS) is 10.7. The van der Waals surface area contributed by atoms with Crippen LogP contribution < -0.4 is 4.74 Å². The lowest BCUT2D eigenvalue weighted by Gasteiger charge is -2.08. The van der Waals surface area contributed by atoms with Crippen molar-refractivity contribution in [3.63, 3.8) is 0 Å². The van der Waals surface area contributed by atoms with Gasteiger partial charge in [0.15, 0.2) is 5.69 Å². The van der Waals surface area contributed by atoms with E-state index < -0.39 is 5.97 Å². The predicted octanol–water partition coefficient (Wildman–Crippen LogP) is 3.62. The highest BCUT2D eigenvalue weighted by Crippen LogP contribution is 2.26. The Balaban J connectivity index is 2.24. The Morgan fingerprint density at radius 3 is 2.74 bits per heavy atom. The van der Waals surface area contributed by atoms with Crippen LogP contribution in [0.4, 0.5) is 0 Å². The smallest absolute Gasteiger partial charge is 0.358 e. The molecule has 0 saturated carbocycles. The van der Waals surface area contributed by atoms with Crippen molar-refractivity contribution in [2.24, 2.45) is 0 Å². The molecule has 0 unspecified atom stereocenters. The third-order valence-electron chi connectivity index (χ3n) is 3.75. The molecule has 1 heterocycles. The summed E-state index contributed by atoms with van der Waals surface area (Å²) in [5, 5.41) is 17.2. The highest BCUT2D eigenvalue weighted by atomic mass is 16.5. The number of carboxylic acid groups (broad SMARTS) is 1. The Bertz CT molecular complexity index is 652. The van der Waals surface area contributed by atoms with E-state index in [2.05, 4.69) is 17.2 Å². The number of methoxy groups -OCH3 is 1. The largest absolute Gasteiger partial charge is 0.497 e. The Labute approximate surface area is 136 Å². The van der Waals surface area contributed by atoms with Crippen molar-refractivity contribution in [2.45, 2.75) is 45.6 Å². The molecule has 1 aromatic heterocycles. The van der Waals surface area contributed by atoms with Gasteiger partial charge in [-0.2, -0.15) is 0 Å². The summed E-state index contributed by atoms with van der Waals surface area (Å²) >= 11 is 0. The van der Waals surface area contributed by atoms with E-state index in [9.17, 15) is 9.90 Å². The lowest BCUT2D eigenvalue weighted by Crippen LogP contribution is -2.05. The number of hydrogen-bond acceptors (Lipinski definition) is 4. The van der Waals surface area contributed by atoms with Gasteiger partial charge in [-0.05, 0) is 18.6 Å². The van der Waals surface area contributed by atoms with Gasteiger partial charge >= 0.3 is 5.97 Å². The van der Waals surface area contributed by atoms with Crippen LogP contribution in [-0.4, -0.2) is 33.2 Å². The summed E-state index contributed by atoms with van der Waals surface area (Å²) in [6.45, 7) is 2.84. The number of rotatable bonds is 9. The first kappa shape index (κ1) is 17.0. The summed E-state index contributed by atoms with van der Waals surface area (Å²) in [6.07, 6.45) is 5.67. The topological polar surface area (TPSA) is 77.2 Å². The van der Waals surface area contributed by atoms with Gasteiger partial charge in [0.25, 0.3) is 0 Å². The van der Waals surface area contributed by atoms with Gasteiger partial charge in [-0.15, -0.1) is 5.10 Å². The SMILES string of the molecule is CCCCCCCn1nnc(C(=O)O)c1-c1cccc(OC)c1. The van der Waals surface area contributed by atoms with E-state index in [-0.39, 0.29) is 5.69 Å². The molecule has 0 saturated heterocycles. The zero-order valence-electron chi connectivity index (χ0n) is 13.7. The van der Waals surface area contributed by atoms with E-state index in [0.717, 1.165) is 18.4 Å². The van der Waals surface area contributed by atoms with Crippen molar-refractivity contribution < 1.29 is 14.6 Å². The Hall–Kier alpha value is -2.37. The molecule has 0 amide bonds. The van der Waals surface area contributed by atoms with Crippen molar-refractivity contribution >= 4 is 5.97 Å². The van der Waals surface area contributed by atoms with Crippen LogP contribution in [0.25, 0.3) is 11.3 Å². The number of carbonyl (C=O) groups is 1. The van der Waals surface area contributed by atoms with Crippen molar-refractivity contribution in [3.05, 3.63) is 30.0 Å². The van der Waals surface area contributed by atoms with Gasteiger partial charge in [-0.1, -0.05) is 50.0 Å². The van der Waals surface area contributed by atoms with Gasteiger partial charge < -0.3 is 9.84 Å². The standard InChI is InChI=1S/C17H23N3O3/c1-3-4-5-6-7-11-20-16(15(17(21)22)18-19-20)13-9-8-10-14(12-13)23-2/h8-10,12H,3-7,11H2,1-2H3,(H,21,22). The molecule has 0 radical (unpaired) electrons. The maximum absolute atomic E-state index is 11.4. The molecule has 0 spiro atoms. The van der Waals surface area contributed by atoms with E-state index in [4.69, 9.17) is 4.74 Å². The lowest BCUT2D eigenvalue weighted by atomic mass is 10.1. The fourth-order valence-electron chi connectivity index (χ4n) is 2.53. The van der Waals surface area contributed by atoms with Gasteiger partial charge in [0.1, 0.15) is 11.4 Å². The predicted molar refractivity (Wildman–Crippen MR) is 87.7 cm³/mol. The van der Waals surface area contributed by atoms with E-state index in [0.29, 0.717) is 18.0 Å². The van der Waals surface area contributed by atoms with Crippen LogP contribution in [0.15, 0.2) is 24.3 Å². The third-order valence-corrected chi connectivity index (χ3v) is 3.75. The average Bonchev–Trinajstić information content (AvgIpc) is 2.99. The average molecular weight is 317 g/mol. The maximum atomic E-state index is 11.4. The highest BCUT2D eigenvalue weighted by Gasteiger charge is 2.20. The van der Waals surface area contributed by atoms with Crippen molar-refractivity contribution in [1.82, 2.24) is 15.0 Å². The molecule has 0 fully saturated rings. The zero-order valence-corrected chi connectivity index (χ0v) is 13.7. The zero-order chi connectivity index (χ0) is 16.7. The molecule has 0 atom stereocenters. The quantitative estimate of drug-likeness (QED) is 0.715. The van der Waals surface area contributed by atoms with Crippen LogP contribution in [0, 0.1) is 0 Å². The fourth-order valence-corrected chi connectivity index (χ4v) is 2.53. The molecular formula is C17H23N3O3. The molecule has 2 rings (SSSR count). The van der Waals surface area contributed by atoms with Crippen molar-refractivity contribution in [2.75, 3.05) is 7.11 Å². The molecule has 6 heteroatoms. The van der Waals surface area contributed by atoms with E-state index in [1.807, 2.05) is 18.2 Å². The molecule has 1 N–H and O–H groups in total. The minimum Gasteiger partial charge on any atom is -0.497 e. The summed E-state index contributed by atoms with van der Waals surface area (Å²) in [6, 6.07) is 7.31. The Morgan fingerprint density at radius 1 is 1.26 bits per heavy atom. The number of aromatic nitrogens is 3. The minimum atomic E-state index is -1.07. The first-order valence-corrected chi connectivity index (χ1v) is 7.98. The molecular weight excluding hydrogens is 294 g/mol. The molecule has 0 aliphatic heterocycles. The summed E-state index contributed by atoms with van der Waals surface area (Å²) in [4.78, 5) is 11.4. The summed E-state index contributed by atoms with van der Waals surface area (Å²) in [5.41, 5.74) is 1.26. The summed E-state index contributed by atoms with van der Waals surface area (Å²) < 4.78 is 6.91. The number of benzene rings is 1. The summed E-state index contributed by atoms with van der Waals surface area (Å²) in [7, 11) is 1.58. The molecule has 124 valence electrons. The van der Waals surface area contributed by atoms with Gasteiger partial charge in [-0.3, -0.25) is 0 Å². The second-order valence-corrected chi connectivity index (χ2v) is 5.46. The Kier molecular flexibility index (Phi) is 6.14. The molecule has 6 nitrogen and oxygen atoms in total. The van der Waals surface area contributed by atoms with Crippen LogP contribution in [0.2, 0.25) is 0 Å². The van der Waals surface area contributed by atoms with Gasteiger partial charge in [0, 0.05) is 12.1 Å². The van der Waals surface area contributed by atoms with Crippen LogP contribution in [0.5, 0.6) is 5.75 Å². The number of hydrogen-bond donors (Lipinski definition) is 1. The third kappa shape index (κ3) is 4.31. The minimum absolute atomic E-state index is 0.0215. The summed E-state index contributed by atoms with van der Waals surface area (Å²) in [5.74, 6) is -0.394. The number of carboxylic acids is 1. The fraction of sp³-hybridized carbons (Fsp3) is 0.471. The number of aryl methyl sites for hydroxylation is 1. The van der Waals surface area contributed by atoms with Gasteiger partial charge in [-0.25, -0.2) is 9.48 Å². The molecule has 1 aromatic carbocycles. The molecule has 0 bridgehead atoms. The van der Waals surface area contributed by atoms with Crippen LogP contribution in [0.3, 0.4) is 0 Å². The monoisotopic (exact) mass is 317 g/mol. The molecule has 0 aliphatic carbocycles. The van der Waals surface area contributed by atoms with Crippen molar-refractivity contribution in [3.8, 4) is 17.0 Å². The van der Waals surface area contributed by atoms with Crippen LogP contribution in [0.1, 0.15) is 49.5 Å². The molecule has 23 heavy (non-hydrogen) atoms. The number of aromatic carboxylic acids is 1. The van der Waals surface area contributed by atoms with E-state index in [1.54, 1.807) is 17.9 Å². The second kappa shape index (κ2) is 8.31. The van der Waals surface area contributed by atoms with Crippen LogP contribution >= 0.6 is 0 Å². The highest BCUT2D eigenvalue weighted by molar-refractivity contribution is 5.92. The molecule has 0 aliphatic rings. The first-order valence-electron chi connectivity index (χ1n) is 7.98. The van der Waals surface area contributed by atoms with E-state index >= 15 is 0 Å². The lowest BCUT2D eigenvalue weighted by molar-refractivity contribution is 0.0691. The van der Waals surface area contributed by atoms with Crippen LogP contribution in [-0.2, 0) is 6.54 Å². The number of unbranched alkanes of at least 4 members (excludes halogenated alkanes) is 4. The van der Waals surface area contributed by atoms with Crippen molar-refractivity contribution in [1.29, 1.82) is 0 Å². The van der Waals surface area contributed by atoms with E-state index in [1.165, 1.54) is 19.3 Å². The second-order valence-electron chi connectivity index (χ2n) is 5.46. The Morgan fingerprint density at radius 2 is 2.04 bits per heavy atom. The molecule has 2 aromatic rings.